The van der Waals surface area contributed by atoms with E-state index in [9.17, 15) is 0 Å². The second-order valence-corrected chi connectivity index (χ2v) is 6.12. The Balaban J connectivity index is 2.12. The van der Waals surface area contributed by atoms with E-state index in [4.69, 9.17) is 11.6 Å². The van der Waals surface area contributed by atoms with Crippen LogP contribution in [0.5, 0.6) is 0 Å². The molecule has 0 bridgehead atoms. The minimum atomic E-state index is 0.742. The van der Waals surface area contributed by atoms with E-state index in [0.717, 1.165) is 29.4 Å². The number of anilines is 2. The largest absolute Gasteiger partial charge is 0.378 e. The first-order chi connectivity index (χ1) is 9.10. The van der Waals surface area contributed by atoms with Crippen LogP contribution in [-0.2, 0) is 13.0 Å². The number of benzene rings is 1. The fourth-order valence-electron chi connectivity index (χ4n) is 1.82. The third-order valence-electron chi connectivity index (χ3n) is 2.80. The summed E-state index contributed by atoms with van der Waals surface area (Å²) in [5.74, 6) is 0. The van der Waals surface area contributed by atoms with Gasteiger partial charge in [-0.2, -0.15) is 0 Å². The number of hydrogen-bond donors (Lipinski definition) is 1. The fraction of sp³-hybridized carbons (Fsp3) is 0.357. The number of aromatic nitrogens is 1. The zero-order valence-corrected chi connectivity index (χ0v) is 13.0. The summed E-state index contributed by atoms with van der Waals surface area (Å²) in [7, 11) is 4.05. The Kier molecular flexibility index (Phi) is 4.66. The SMILES string of the molecule is CCc1ncc(CNc2cc(Cl)ccc2N(C)C)s1. The third kappa shape index (κ3) is 3.61. The van der Waals surface area contributed by atoms with Gasteiger partial charge in [0.25, 0.3) is 0 Å². The molecule has 3 nitrogen and oxygen atoms in total. The zero-order valence-electron chi connectivity index (χ0n) is 11.4. The monoisotopic (exact) mass is 295 g/mol. The van der Waals surface area contributed by atoms with Crippen molar-refractivity contribution in [3.63, 3.8) is 0 Å². The van der Waals surface area contributed by atoms with Gasteiger partial charge in [-0.3, -0.25) is 0 Å². The van der Waals surface area contributed by atoms with Crippen molar-refractivity contribution in [1.29, 1.82) is 0 Å². The van der Waals surface area contributed by atoms with Crippen molar-refractivity contribution in [2.45, 2.75) is 19.9 Å². The van der Waals surface area contributed by atoms with Gasteiger partial charge in [-0.15, -0.1) is 11.3 Å². The number of hydrogen-bond acceptors (Lipinski definition) is 4. The molecule has 0 spiro atoms. The third-order valence-corrected chi connectivity index (χ3v) is 4.17. The van der Waals surface area contributed by atoms with Crippen LogP contribution in [0.1, 0.15) is 16.8 Å². The summed E-state index contributed by atoms with van der Waals surface area (Å²) in [6, 6.07) is 5.89. The van der Waals surface area contributed by atoms with E-state index >= 15 is 0 Å². The molecular formula is C14H18ClN3S. The van der Waals surface area contributed by atoms with Gasteiger partial charge in [-0.05, 0) is 24.6 Å². The smallest absolute Gasteiger partial charge is 0.0925 e. The molecule has 1 heterocycles. The normalized spacial score (nSPS) is 10.5. The number of halogens is 1. The van der Waals surface area contributed by atoms with Gasteiger partial charge in [0.2, 0.25) is 0 Å². The highest BCUT2D eigenvalue weighted by molar-refractivity contribution is 7.11. The lowest BCUT2D eigenvalue weighted by Crippen LogP contribution is -2.12. The molecule has 19 heavy (non-hydrogen) atoms. The number of rotatable bonds is 5. The van der Waals surface area contributed by atoms with Gasteiger partial charge in [0, 0.05) is 30.2 Å². The molecule has 0 atom stereocenters. The summed E-state index contributed by atoms with van der Waals surface area (Å²) in [4.78, 5) is 7.67. The average Bonchev–Trinajstić information content (AvgIpc) is 2.84. The van der Waals surface area contributed by atoms with Crippen molar-refractivity contribution in [3.05, 3.63) is 39.3 Å². The Hall–Kier alpha value is -1.26. The lowest BCUT2D eigenvalue weighted by molar-refractivity contribution is 1.08. The molecule has 0 aliphatic carbocycles. The molecule has 0 radical (unpaired) electrons. The Bertz CT molecular complexity index is 551. The molecule has 102 valence electrons. The van der Waals surface area contributed by atoms with Gasteiger partial charge in [0.1, 0.15) is 0 Å². The van der Waals surface area contributed by atoms with E-state index in [1.54, 1.807) is 11.3 Å². The van der Waals surface area contributed by atoms with Crippen LogP contribution in [0.4, 0.5) is 11.4 Å². The Morgan fingerprint density at radius 2 is 2.16 bits per heavy atom. The maximum Gasteiger partial charge on any atom is 0.0925 e. The maximum atomic E-state index is 6.06. The maximum absolute atomic E-state index is 6.06. The summed E-state index contributed by atoms with van der Waals surface area (Å²) in [6.07, 6.45) is 2.93. The predicted molar refractivity (Wildman–Crippen MR) is 84.6 cm³/mol. The van der Waals surface area contributed by atoms with Crippen LogP contribution in [0.15, 0.2) is 24.4 Å². The van der Waals surface area contributed by atoms with Crippen molar-refractivity contribution < 1.29 is 0 Å². The highest BCUT2D eigenvalue weighted by Gasteiger charge is 2.06. The molecule has 1 aromatic carbocycles. The minimum absolute atomic E-state index is 0.742. The second-order valence-electron chi connectivity index (χ2n) is 4.48. The number of aryl methyl sites for hydroxylation is 1. The van der Waals surface area contributed by atoms with Crippen molar-refractivity contribution >= 4 is 34.3 Å². The molecule has 1 N–H and O–H groups in total. The second kappa shape index (κ2) is 6.26. The number of nitrogens with zero attached hydrogens (tertiary/aromatic N) is 2. The molecular weight excluding hydrogens is 278 g/mol. The Morgan fingerprint density at radius 3 is 2.79 bits per heavy atom. The van der Waals surface area contributed by atoms with E-state index in [0.29, 0.717) is 0 Å². The van der Waals surface area contributed by atoms with Crippen LogP contribution in [0, 0.1) is 0 Å². The summed E-state index contributed by atoms with van der Waals surface area (Å²) < 4.78 is 0. The quantitative estimate of drug-likeness (QED) is 0.902. The van der Waals surface area contributed by atoms with Crippen molar-refractivity contribution in [3.8, 4) is 0 Å². The van der Waals surface area contributed by atoms with E-state index < -0.39 is 0 Å². The molecule has 2 aromatic rings. The van der Waals surface area contributed by atoms with Crippen LogP contribution >= 0.6 is 22.9 Å². The highest BCUT2D eigenvalue weighted by atomic mass is 35.5. The standard InChI is InChI=1S/C14H18ClN3S/c1-4-14-17-9-11(19-14)8-16-12-7-10(15)5-6-13(12)18(2)3/h5-7,9,16H,4,8H2,1-3H3. The molecule has 5 heteroatoms. The molecule has 1 aromatic heterocycles. The van der Waals surface area contributed by atoms with Crippen LogP contribution < -0.4 is 10.2 Å². The number of nitrogens with one attached hydrogen (secondary N) is 1. The zero-order chi connectivity index (χ0) is 13.8. The lowest BCUT2D eigenvalue weighted by Gasteiger charge is -2.18. The van der Waals surface area contributed by atoms with Crippen molar-refractivity contribution in [2.75, 3.05) is 24.3 Å². The summed E-state index contributed by atoms with van der Waals surface area (Å²) >= 11 is 7.81. The molecule has 0 fully saturated rings. The molecule has 0 aliphatic heterocycles. The summed E-state index contributed by atoms with van der Waals surface area (Å²) in [6.45, 7) is 2.90. The van der Waals surface area contributed by atoms with Crippen LogP contribution in [0.3, 0.4) is 0 Å². The Labute approximate surface area is 123 Å². The van der Waals surface area contributed by atoms with Gasteiger partial charge in [-0.25, -0.2) is 4.98 Å². The molecule has 0 amide bonds. The van der Waals surface area contributed by atoms with E-state index in [-0.39, 0.29) is 0 Å². The van der Waals surface area contributed by atoms with Crippen LogP contribution in [0.2, 0.25) is 5.02 Å². The topological polar surface area (TPSA) is 28.2 Å². The lowest BCUT2D eigenvalue weighted by atomic mass is 10.2. The van der Waals surface area contributed by atoms with Gasteiger partial charge >= 0.3 is 0 Å². The van der Waals surface area contributed by atoms with E-state index in [1.807, 2.05) is 38.5 Å². The minimum Gasteiger partial charge on any atom is -0.378 e. The molecule has 0 saturated heterocycles. The van der Waals surface area contributed by atoms with Gasteiger partial charge in [0.15, 0.2) is 0 Å². The first kappa shape index (κ1) is 14.2. The van der Waals surface area contributed by atoms with Gasteiger partial charge in [0.05, 0.1) is 22.9 Å². The van der Waals surface area contributed by atoms with Crippen molar-refractivity contribution in [2.24, 2.45) is 0 Å². The highest BCUT2D eigenvalue weighted by Crippen LogP contribution is 2.28. The Morgan fingerprint density at radius 1 is 1.37 bits per heavy atom. The molecule has 0 unspecified atom stereocenters. The molecule has 2 rings (SSSR count). The van der Waals surface area contributed by atoms with Crippen molar-refractivity contribution in [1.82, 2.24) is 4.98 Å². The predicted octanol–water partition coefficient (Wildman–Crippen LogP) is 4.04. The average molecular weight is 296 g/mol. The van der Waals surface area contributed by atoms with E-state index in [1.165, 1.54) is 9.88 Å². The van der Waals surface area contributed by atoms with Crippen LogP contribution in [-0.4, -0.2) is 19.1 Å². The number of thiazole rings is 1. The first-order valence-corrected chi connectivity index (χ1v) is 7.44. The molecule has 0 aliphatic rings. The summed E-state index contributed by atoms with van der Waals surface area (Å²) in [5, 5.41) is 5.35. The van der Waals surface area contributed by atoms with E-state index in [2.05, 4.69) is 22.1 Å². The summed E-state index contributed by atoms with van der Waals surface area (Å²) in [5.41, 5.74) is 2.17. The first-order valence-electron chi connectivity index (χ1n) is 6.24. The van der Waals surface area contributed by atoms with Gasteiger partial charge in [-0.1, -0.05) is 18.5 Å². The molecule has 0 saturated carbocycles. The van der Waals surface area contributed by atoms with Crippen LogP contribution in [0.25, 0.3) is 0 Å². The fourth-order valence-corrected chi connectivity index (χ4v) is 2.79. The van der Waals surface area contributed by atoms with Gasteiger partial charge < -0.3 is 10.2 Å².